The van der Waals surface area contributed by atoms with E-state index in [2.05, 4.69) is 34.8 Å². The largest absolute Gasteiger partial charge is 0.372 e. The second-order valence-electron chi connectivity index (χ2n) is 4.48. The van der Waals surface area contributed by atoms with Gasteiger partial charge in [-0.1, -0.05) is 40.8 Å². The van der Waals surface area contributed by atoms with E-state index in [1.54, 1.807) is 0 Å². The summed E-state index contributed by atoms with van der Waals surface area (Å²) in [5, 5.41) is 3.07. The summed E-state index contributed by atoms with van der Waals surface area (Å²) >= 11 is 2.31. The summed E-state index contributed by atoms with van der Waals surface area (Å²) < 4.78 is 6.60. The van der Waals surface area contributed by atoms with Gasteiger partial charge in [0, 0.05) is 16.6 Å². The van der Waals surface area contributed by atoms with Crippen molar-refractivity contribution in [3.8, 4) is 0 Å². The molecule has 0 unspecified atom stereocenters. The molecule has 17 heavy (non-hydrogen) atoms. The van der Waals surface area contributed by atoms with E-state index in [0.717, 1.165) is 17.5 Å². The number of alkyl halides is 1. The molecule has 92 valence electrons. The molecule has 1 heterocycles. The van der Waals surface area contributed by atoms with Crippen LogP contribution in [0.5, 0.6) is 0 Å². The highest BCUT2D eigenvalue weighted by molar-refractivity contribution is 14.1. The Morgan fingerprint density at radius 3 is 2.88 bits per heavy atom. The van der Waals surface area contributed by atoms with Gasteiger partial charge in [0.1, 0.15) is 0 Å². The Hall–Kier alpha value is -0.620. The van der Waals surface area contributed by atoms with Gasteiger partial charge < -0.3 is 10.1 Å². The summed E-state index contributed by atoms with van der Waals surface area (Å²) in [4.78, 5) is 12.0. The summed E-state index contributed by atoms with van der Waals surface area (Å²) in [7, 11) is 0. The number of nitrogens with one attached hydrogen (secondary N) is 1. The van der Waals surface area contributed by atoms with Gasteiger partial charge in [0.25, 0.3) is 5.91 Å². The van der Waals surface area contributed by atoms with Crippen LogP contribution in [-0.4, -0.2) is 28.6 Å². The van der Waals surface area contributed by atoms with Crippen molar-refractivity contribution < 1.29 is 9.53 Å². The van der Waals surface area contributed by atoms with Crippen molar-refractivity contribution in [2.75, 3.05) is 11.0 Å². The topological polar surface area (TPSA) is 38.3 Å². The first-order valence-corrected chi connectivity index (χ1v) is 7.24. The number of carbonyl (C=O) groups is 1. The molecule has 0 aliphatic carbocycles. The number of halogens is 1. The zero-order valence-electron chi connectivity index (χ0n) is 9.78. The lowest BCUT2D eigenvalue weighted by Crippen LogP contribution is -2.49. The van der Waals surface area contributed by atoms with Crippen molar-refractivity contribution in [2.45, 2.75) is 25.0 Å². The first-order chi connectivity index (χ1) is 8.15. The number of rotatable bonds is 3. The monoisotopic (exact) mass is 345 g/mol. The van der Waals surface area contributed by atoms with Crippen LogP contribution in [0.2, 0.25) is 0 Å². The third-order valence-corrected chi connectivity index (χ3v) is 4.70. The Kier molecular flexibility index (Phi) is 4.04. The molecule has 1 aromatic rings. The Balaban J connectivity index is 2.04. The van der Waals surface area contributed by atoms with Gasteiger partial charge >= 0.3 is 0 Å². The van der Waals surface area contributed by atoms with Gasteiger partial charge in [-0.15, -0.1) is 0 Å². The molecule has 1 aliphatic heterocycles. The molecule has 0 saturated carbocycles. The summed E-state index contributed by atoms with van der Waals surface area (Å²) in [6.45, 7) is 2.78. The summed E-state index contributed by atoms with van der Waals surface area (Å²) in [5.74, 6) is -0.0165. The Labute approximate surface area is 115 Å². The highest BCUT2D eigenvalue weighted by Crippen LogP contribution is 2.28. The molecule has 1 amide bonds. The van der Waals surface area contributed by atoms with Crippen LogP contribution in [0.1, 0.15) is 23.7 Å². The Bertz CT molecular complexity index is 396. The molecular weight excluding hydrogens is 329 g/mol. The molecule has 1 N–H and O–H groups in total. The SMILES string of the molecule is C[C@]1(CI)OCC[C@H]1NC(=O)c1ccccc1. The van der Waals surface area contributed by atoms with Gasteiger partial charge in [0.2, 0.25) is 0 Å². The fraction of sp³-hybridized carbons (Fsp3) is 0.462. The maximum atomic E-state index is 12.0. The lowest BCUT2D eigenvalue weighted by Gasteiger charge is -2.29. The Morgan fingerprint density at radius 2 is 2.24 bits per heavy atom. The van der Waals surface area contributed by atoms with Gasteiger partial charge in [0.15, 0.2) is 0 Å². The van der Waals surface area contributed by atoms with Crippen LogP contribution in [0, 0.1) is 0 Å². The molecule has 3 nitrogen and oxygen atoms in total. The highest BCUT2D eigenvalue weighted by Gasteiger charge is 2.40. The number of hydrogen-bond acceptors (Lipinski definition) is 2. The van der Waals surface area contributed by atoms with Crippen LogP contribution in [0.4, 0.5) is 0 Å². The van der Waals surface area contributed by atoms with Crippen LogP contribution >= 0.6 is 22.6 Å². The molecule has 2 atom stereocenters. The van der Waals surface area contributed by atoms with Crippen molar-refractivity contribution in [2.24, 2.45) is 0 Å². The van der Waals surface area contributed by atoms with Crippen molar-refractivity contribution in [1.82, 2.24) is 5.32 Å². The molecule has 1 aliphatic rings. The third kappa shape index (κ3) is 2.80. The quantitative estimate of drug-likeness (QED) is 0.675. The first-order valence-electron chi connectivity index (χ1n) is 5.71. The van der Waals surface area contributed by atoms with Crippen molar-refractivity contribution >= 4 is 28.5 Å². The molecule has 1 saturated heterocycles. The molecule has 0 bridgehead atoms. The summed E-state index contributed by atoms with van der Waals surface area (Å²) in [5.41, 5.74) is 0.473. The number of ether oxygens (including phenoxy) is 1. The average Bonchev–Trinajstić information content (AvgIpc) is 2.73. The van der Waals surface area contributed by atoms with E-state index in [-0.39, 0.29) is 17.6 Å². The minimum atomic E-state index is -0.231. The van der Waals surface area contributed by atoms with E-state index in [9.17, 15) is 4.79 Å². The minimum Gasteiger partial charge on any atom is -0.372 e. The van der Waals surface area contributed by atoms with Crippen molar-refractivity contribution in [1.29, 1.82) is 0 Å². The zero-order valence-corrected chi connectivity index (χ0v) is 11.9. The van der Waals surface area contributed by atoms with E-state index in [0.29, 0.717) is 5.56 Å². The molecule has 0 spiro atoms. The second-order valence-corrected chi connectivity index (χ2v) is 5.24. The van der Waals surface area contributed by atoms with Crippen molar-refractivity contribution in [3.63, 3.8) is 0 Å². The molecule has 1 aromatic carbocycles. The molecule has 1 fully saturated rings. The summed E-state index contributed by atoms with van der Waals surface area (Å²) in [6, 6.07) is 9.41. The average molecular weight is 345 g/mol. The minimum absolute atomic E-state index is 0.0165. The van der Waals surface area contributed by atoms with E-state index in [4.69, 9.17) is 4.74 Å². The molecule has 4 heteroatoms. The molecule has 2 rings (SSSR count). The zero-order chi connectivity index (χ0) is 12.3. The van der Waals surface area contributed by atoms with Crippen LogP contribution < -0.4 is 5.32 Å². The van der Waals surface area contributed by atoms with Crippen LogP contribution in [0.3, 0.4) is 0 Å². The predicted octanol–water partition coefficient (Wildman–Crippen LogP) is 2.40. The van der Waals surface area contributed by atoms with E-state index < -0.39 is 0 Å². The fourth-order valence-electron chi connectivity index (χ4n) is 2.00. The molecular formula is C13H16INO2. The third-order valence-electron chi connectivity index (χ3n) is 3.18. The normalized spacial score (nSPS) is 28.0. The van der Waals surface area contributed by atoms with Crippen LogP contribution in [-0.2, 0) is 4.74 Å². The lowest BCUT2D eigenvalue weighted by atomic mass is 9.98. The van der Waals surface area contributed by atoms with Gasteiger partial charge in [-0.05, 0) is 25.5 Å². The fourth-order valence-corrected chi connectivity index (χ4v) is 2.76. The smallest absolute Gasteiger partial charge is 0.251 e. The lowest BCUT2D eigenvalue weighted by molar-refractivity contribution is 0.0276. The summed E-state index contributed by atoms with van der Waals surface area (Å²) in [6.07, 6.45) is 0.887. The van der Waals surface area contributed by atoms with Crippen LogP contribution in [0.25, 0.3) is 0 Å². The first kappa shape index (κ1) is 12.8. The number of carbonyl (C=O) groups excluding carboxylic acids is 1. The van der Waals surface area contributed by atoms with Gasteiger partial charge in [0.05, 0.1) is 11.6 Å². The maximum Gasteiger partial charge on any atom is 0.251 e. The van der Waals surface area contributed by atoms with Crippen LogP contribution in [0.15, 0.2) is 30.3 Å². The van der Waals surface area contributed by atoms with Crippen molar-refractivity contribution in [3.05, 3.63) is 35.9 Å². The highest BCUT2D eigenvalue weighted by atomic mass is 127. The molecule has 0 aromatic heterocycles. The van der Waals surface area contributed by atoms with Gasteiger partial charge in [-0.2, -0.15) is 0 Å². The van der Waals surface area contributed by atoms with E-state index in [1.807, 2.05) is 30.3 Å². The number of amides is 1. The standard InChI is InChI=1S/C13H16INO2/c1-13(9-14)11(7-8-17-13)15-12(16)10-5-3-2-4-6-10/h2-6,11H,7-9H2,1H3,(H,15,16)/t11-,13-/m1/s1. The predicted molar refractivity (Wildman–Crippen MR) is 75.6 cm³/mol. The molecule has 0 radical (unpaired) electrons. The second kappa shape index (κ2) is 5.35. The van der Waals surface area contributed by atoms with E-state index >= 15 is 0 Å². The Morgan fingerprint density at radius 1 is 1.53 bits per heavy atom. The number of hydrogen-bond donors (Lipinski definition) is 1. The van der Waals surface area contributed by atoms with Gasteiger partial charge in [-0.25, -0.2) is 0 Å². The maximum absolute atomic E-state index is 12.0. The number of benzene rings is 1. The van der Waals surface area contributed by atoms with E-state index in [1.165, 1.54) is 0 Å². The van der Waals surface area contributed by atoms with Gasteiger partial charge in [-0.3, -0.25) is 4.79 Å².